The summed E-state index contributed by atoms with van der Waals surface area (Å²) in [7, 11) is 0. The third-order valence-electron chi connectivity index (χ3n) is 7.28. The fourth-order valence-electron chi connectivity index (χ4n) is 5.12. The van der Waals surface area contributed by atoms with E-state index in [1.807, 2.05) is 36.4 Å². The first-order chi connectivity index (χ1) is 22.0. The molecule has 0 spiro atoms. The minimum Gasteiger partial charge on any atom is -0.387 e. The third kappa shape index (κ3) is 6.94. The number of fused-ring (bicyclic) bond motifs is 1. The molecular weight excluding hydrogens is 564 g/mol. The number of anilines is 2. The van der Waals surface area contributed by atoms with Crippen LogP contribution in [0.15, 0.2) is 72.0 Å². The lowest BCUT2D eigenvalue weighted by atomic mass is 9.91. The Morgan fingerprint density at radius 2 is 1.84 bits per heavy atom. The number of imidazole rings is 1. The van der Waals surface area contributed by atoms with E-state index in [1.54, 1.807) is 0 Å². The predicted molar refractivity (Wildman–Crippen MR) is 167 cm³/mol. The van der Waals surface area contributed by atoms with Gasteiger partial charge in [0.15, 0.2) is 29.3 Å². The van der Waals surface area contributed by atoms with Crippen LogP contribution in [0.2, 0.25) is 0 Å². The van der Waals surface area contributed by atoms with Crippen molar-refractivity contribution >= 4 is 35.2 Å². The molecule has 5 rings (SSSR count). The fourth-order valence-corrected chi connectivity index (χ4v) is 5.12. The highest BCUT2D eigenvalue weighted by Crippen LogP contribution is 2.33. The van der Waals surface area contributed by atoms with Gasteiger partial charge in [0.1, 0.15) is 12.2 Å². The van der Waals surface area contributed by atoms with E-state index in [-0.39, 0.29) is 19.4 Å². The Bertz CT molecular complexity index is 1520. The summed E-state index contributed by atoms with van der Waals surface area (Å²) in [5.74, 6) is 5.38. The predicted octanol–water partition coefficient (Wildman–Crippen LogP) is 1.12. The average molecular weight is 604 g/mol. The van der Waals surface area contributed by atoms with E-state index >= 15 is 0 Å². The monoisotopic (exact) mass is 603 g/mol. The Kier molecular flexibility index (Phi) is 9.84. The largest absolute Gasteiger partial charge is 0.387 e. The second kappa shape index (κ2) is 14.7. The van der Waals surface area contributed by atoms with E-state index in [0.29, 0.717) is 49.0 Å². The van der Waals surface area contributed by atoms with Gasteiger partial charge in [0, 0.05) is 33.5 Å². The first kappa shape index (κ1) is 29.4. The molecule has 2 aromatic carbocycles. The molecule has 8 N–H and O–H groups in total. The molecule has 1 unspecified atom stereocenters. The molecule has 4 aromatic rings. The Balaban J connectivity index is 1.45. The Labute approximate surface area is 256 Å². The number of carbonyl (C=O) groups excluding carboxylic acids is 1. The van der Waals surface area contributed by atoms with Crippen LogP contribution in [0.1, 0.15) is 38.0 Å². The van der Waals surface area contributed by atoms with E-state index in [0.717, 1.165) is 11.1 Å². The molecule has 44 heavy (non-hydrogen) atoms. The highest BCUT2D eigenvalue weighted by molar-refractivity contribution is 5.85. The van der Waals surface area contributed by atoms with Gasteiger partial charge in [0.25, 0.3) is 5.91 Å². The molecule has 4 atom stereocenters. The molecule has 1 aliphatic rings. The van der Waals surface area contributed by atoms with E-state index < -0.39 is 30.4 Å². The summed E-state index contributed by atoms with van der Waals surface area (Å²) in [6, 6.07) is 20.3. The molecule has 232 valence electrons. The van der Waals surface area contributed by atoms with Crippen LogP contribution in [0, 0.1) is 0 Å². The van der Waals surface area contributed by atoms with Gasteiger partial charge in [-0.2, -0.15) is 9.97 Å². The molecule has 1 fully saturated rings. The van der Waals surface area contributed by atoms with Gasteiger partial charge in [-0.05, 0) is 24.4 Å². The van der Waals surface area contributed by atoms with E-state index in [2.05, 4.69) is 60.6 Å². The fraction of sp³-hybridized carbons (Fsp3) is 0.367. The first-order valence-corrected chi connectivity index (χ1v) is 14.4. The molecule has 0 saturated carbocycles. The summed E-state index contributed by atoms with van der Waals surface area (Å²) in [6.45, 7) is 1.60. The van der Waals surface area contributed by atoms with Gasteiger partial charge in [0.2, 0.25) is 5.95 Å². The van der Waals surface area contributed by atoms with Crippen molar-refractivity contribution in [2.75, 3.05) is 36.8 Å². The van der Waals surface area contributed by atoms with Crippen molar-refractivity contribution in [3.8, 4) is 0 Å². The van der Waals surface area contributed by atoms with Gasteiger partial charge < -0.3 is 36.3 Å². The number of likely N-dealkylation sites (N-methyl/N-ethyl adjacent to an activating group) is 1. The van der Waals surface area contributed by atoms with Gasteiger partial charge in [-0.25, -0.2) is 10.8 Å². The number of nitrogens with one attached hydrogen (secondary N) is 4. The summed E-state index contributed by atoms with van der Waals surface area (Å²) < 4.78 is 14.6. The molecule has 14 nitrogen and oxygen atoms in total. The number of nitrogens with zero attached hydrogens (tertiary/aromatic N) is 5. The maximum absolute atomic E-state index is 12.6. The van der Waals surface area contributed by atoms with Crippen molar-refractivity contribution in [3.05, 3.63) is 78.1 Å². The van der Waals surface area contributed by atoms with Crippen molar-refractivity contribution in [1.82, 2.24) is 30.3 Å². The molecule has 1 aliphatic heterocycles. The molecule has 14 heteroatoms. The van der Waals surface area contributed by atoms with Gasteiger partial charge >= 0.3 is 0 Å². The SMILES string of the molecule is [2H]CCNC(=O)[C@H]1OC(n2cnc3c(NCC(c4ccccc4)c4ccccc4)nc(NCCCN=CNN)nc32)[C@H](O)[C@@H]1O. The number of rotatable bonds is 14. The number of ether oxygens (including phenoxy) is 1. The van der Waals surface area contributed by atoms with Crippen LogP contribution in [0.25, 0.3) is 11.2 Å². The lowest BCUT2D eigenvalue weighted by Crippen LogP contribution is -2.42. The lowest BCUT2D eigenvalue weighted by Gasteiger charge is -2.20. The standard InChI is InChI=1S/C30H38N10O4/c1-2-33-28(43)25-23(41)24(42)29(44-25)40-18-36-22-26(38-30(39-27(22)40)34-15-9-14-32-17-37-31)35-16-21(19-10-5-3-6-11-19)20-12-7-4-8-13-20/h3-8,10-13,17-18,21,23-25,29,41-42H,2,9,14-16,31H2,1H3,(H,32,37)(H,33,43)(H2,34,35,38,39)/t23-,24+,25-,29?/m0/s1/i1D. The quantitative estimate of drug-likeness (QED) is 0.0359. The van der Waals surface area contributed by atoms with Crippen molar-refractivity contribution in [2.24, 2.45) is 10.8 Å². The van der Waals surface area contributed by atoms with Gasteiger partial charge in [0.05, 0.1) is 12.7 Å². The maximum atomic E-state index is 12.6. The highest BCUT2D eigenvalue weighted by atomic mass is 16.6. The van der Waals surface area contributed by atoms with Crippen LogP contribution in [-0.4, -0.2) is 86.5 Å². The summed E-state index contributed by atoms with van der Waals surface area (Å²) in [5, 5.41) is 30.8. The Morgan fingerprint density at radius 1 is 1.11 bits per heavy atom. The zero-order chi connectivity index (χ0) is 31.6. The summed E-state index contributed by atoms with van der Waals surface area (Å²) in [5.41, 5.74) is 5.38. The number of carbonyl (C=O) groups is 1. The molecule has 3 heterocycles. The van der Waals surface area contributed by atoms with E-state index in [1.165, 1.54) is 17.2 Å². The van der Waals surface area contributed by atoms with Crippen molar-refractivity contribution in [3.63, 3.8) is 0 Å². The summed E-state index contributed by atoms with van der Waals surface area (Å²) in [6.07, 6.45) is -1.86. The molecule has 0 bridgehead atoms. The second-order valence-electron chi connectivity index (χ2n) is 10.2. The molecular formula is C30H38N10O4. The van der Waals surface area contributed by atoms with Crippen LogP contribution in [0.5, 0.6) is 0 Å². The molecule has 0 aliphatic carbocycles. The Morgan fingerprint density at radius 3 is 2.52 bits per heavy atom. The molecule has 1 saturated heterocycles. The summed E-state index contributed by atoms with van der Waals surface area (Å²) >= 11 is 0. The number of amides is 1. The minimum absolute atomic E-state index is 0.00283. The molecule has 0 radical (unpaired) electrons. The number of aliphatic hydroxyl groups excluding tert-OH is 2. The van der Waals surface area contributed by atoms with E-state index in [9.17, 15) is 15.0 Å². The second-order valence-corrected chi connectivity index (χ2v) is 10.2. The van der Waals surface area contributed by atoms with Crippen LogP contribution < -0.4 is 27.2 Å². The third-order valence-corrected chi connectivity index (χ3v) is 7.28. The summed E-state index contributed by atoms with van der Waals surface area (Å²) in [4.78, 5) is 30.6. The normalized spacial score (nSPS) is 20.2. The lowest BCUT2D eigenvalue weighted by molar-refractivity contribution is -0.137. The number of aromatic nitrogens is 4. The molecule has 2 aromatic heterocycles. The number of nitrogens with two attached hydrogens (primary N) is 1. The Hall–Kier alpha value is -4.63. The van der Waals surface area contributed by atoms with Crippen LogP contribution in [-0.2, 0) is 9.53 Å². The first-order valence-electron chi connectivity index (χ1n) is 15.1. The maximum Gasteiger partial charge on any atom is 0.252 e. The van der Waals surface area contributed by atoms with Crippen LogP contribution in [0.3, 0.4) is 0 Å². The van der Waals surface area contributed by atoms with Crippen molar-refractivity contribution in [1.29, 1.82) is 0 Å². The minimum atomic E-state index is -1.49. The van der Waals surface area contributed by atoms with Crippen LogP contribution in [0.4, 0.5) is 11.8 Å². The number of hydrazine groups is 1. The number of hydrogen-bond acceptors (Lipinski definition) is 11. The van der Waals surface area contributed by atoms with Gasteiger partial charge in [-0.1, -0.05) is 60.7 Å². The average Bonchev–Trinajstić information content (AvgIpc) is 3.62. The van der Waals surface area contributed by atoms with Crippen molar-refractivity contribution in [2.45, 2.75) is 43.8 Å². The number of aliphatic imine (C=N–C) groups is 1. The van der Waals surface area contributed by atoms with Crippen molar-refractivity contribution < 1.29 is 21.1 Å². The number of hydrogen-bond donors (Lipinski definition) is 7. The topological polar surface area (TPSA) is 197 Å². The highest BCUT2D eigenvalue weighted by Gasteiger charge is 2.47. The van der Waals surface area contributed by atoms with Crippen LogP contribution >= 0.6 is 0 Å². The number of aliphatic hydroxyl groups is 2. The molecule has 1 amide bonds. The van der Waals surface area contributed by atoms with Gasteiger partial charge in [-0.3, -0.25) is 14.4 Å². The zero-order valence-electron chi connectivity index (χ0n) is 25.1. The van der Waals surface area contributed by atoms with Gasteiger partial charge in [-0.15, -0.1) is 0 Å². The number of benzene rings is 2. The van der Waals surface area contributed by atoms with E-state index in [4.69, 9.17) is 16.9 Å². The zero-order valence-corrected chi connectivity index (χ0v) is 24.1. The smallest absolute Gasteiger partial charge is 0.252 e.